The van der Waals surface area contributed by atoms with Gasteiger partial charge in [0.2, 0.25) is 0 Å². The lowest BCUT2D eigenvalue weighted by atomic mass is 9.95. The highest BCUT2D eigenvalue weighted by Gasteiger charge is 2.46. The number of hydrogen-bond acceptors (Lipinski definition) is 7. The van der Waals surface area contributed by atoms with Gasteiger partial charge in [-0.05, 0) is 48.2 Å². The molecule has 186 valence electrons. The van der Waals surface area contributed by atoms with Gasteiger partial charge in [0.15, 0.2) is 11.5 Å². The van der Waals surface area contributed by atoms with Crippen molar-refractivity contribution >= 4 is 17.4 Å². The Morgan fingerprint density at radius 1 is 1.09 bits per heavy atom. The average molecular weight is 482 g/mol. The van der Waals surface area contributed by atoms with E-state index in [2.05, 4.69) is 13.8 Å². The van der Waals surface area contributed by atoms with Crippen LogP contribution < -0.4 is 14.2 Å². The van der Waals surface area contributed by atoms with Crippen molar-refractivity contribution in [2.75, 3.05) is 40.1 Å². The second-order valence-corrected chi connectivity index (χ2v) is 8.95. The molecule has 1 amide bonds. The maximum absolute atomic E-state index is 13.2. The molecule has 2 aromatic carbocycles. The molecule has 2 aliphatic rings. The molecule has 4 rings (SSSR count). The third-order valence-corrected chi connectivity index (χ3v) is 6.03. The van der Waals surface area contributed by atoms with Gasteiger partial charge >= 0.3 is 0 Å². The molecule has 0 aromatic heterocycles. The maximum Gasteiger partial charge on any atom is 0.295 e. The average Bonchev–Trinajstić information content (AvgIpc) is 3.11. The molecule has 0 saturated carbocycles. The molecule has 2 heterocycles. The zero-order chi connectivity index (χ0) is 24.9. The quantitative estimate of drug-likeness (QED) is 0.329. The van der Waals surface area contributed by atoms with Gasteiger partial charge in [0, 0.05) is 19.2 Å². The molecule has 1 atom stereocenters. The predicted molar refractivity (Wildman–Crippen MR) is 130 cm³/mol. The Hall–Kier alpha value is -3.52. The number of aliphatic hydroxyl groups is 1. The van der Waals surface area contributed by atoms with E-state index in [0.717, 1.165) is 6.42 Å². The smallest absolute Gasteiger partial charge is 0.295 e. The Balaban J connectivity index is 1.75. The minimum absolute atomic E-state index is 0.0158. The number of Topliss-reactive ketones (excluding diaryl/α,β-unsaturated/α-hetero) is 1. The molecule has 0 aliphatic carbocycles. The lowest BCUT2D eigenvalue weighted by Crippen LogP contribution is -2.32. The summed E-state index contributed by atoms with van der Waals surface area (Å²) >= 11 is 0. The fourth-order valence-electron chi connectivity index (χ4n) is 4.18. The summed E-state index contributed by atoms with van der Waals surface area (Å²) in [5.74, 6) is 0.491. The highest BCUT2D eigenvalue weighted by atomic mass is 16.6. The Bertz CT molecular complexity index is 1120. The fourth-order valence-corrected chi connectivity index (χ4v) is 4.18. The molecule has 2 aromatic rings. The lowest BCUT2D eigenvalue weighted by molar-refractivity contribution is -0.140. The van der Waals surface area contributed by atoms with Gasteiger partial charge in [0.05, 0.1) is 24.8 Å². The minimum atomic E-state index is -0.785. The van der Waals surface area contributed by atoms with Crippen molar-refractivity contribution in [3.05, 3.63) is 59.2 Å². The van der Waals surface area contributed by atoms with Gasteiger partial charge < -0.3 is 29.0 Å². The summed E-state index contributed by atoms with van der Waals surface area (Å²) in [6.07, 6.45) is 0.903. The van der Waals surface area contributed by atoms with E-state index in [1.54, 1.807) is 18.2 Å². The highest BCUT2D eigenvalue weighted by Crippen LogP contribution is 2.41. The van der Waals surface area contributed by atoms with Crippen molar-refractivity contribution in [2.45, 2.75) is 26.3 Å². The Labute approximate surface area is 205 Å². The Morgan fingerprint density at radius 2 is 1.86 bits per heavy atom. The summed E-state index contributed by atoms with van der Waals surface area (Å²) < 4.78 is 22.3. The van der Waals surface area contributed by atoms with Gasteiger partial charge in [-0.3, -0.25) is 9.59 Å². The van der Waals surface area contributed by atoms with Crippen LogP contribution in [0.1, 0.15) is 37.4 Å². The van der Waals surface area contributed by atoms with Crippen LogP contribution in [-0.2, 0) is 14.3 Å². The van der Waals surface area contributed by atoms with Crippen molar-refractivity contribution in [3.63, 3.8) is 0 Å². The maximum atomic E-state index is 13.2. The standard InChI is InChI=1S/C27H31NO7/c1-17(2)9-11-33-20-6-4-5-18(15-20)24-23(26(30)27(31)28(24)10-12-32-3)25(29)19-7-8-21-22(16-19)35-14-13-34-21/h4-8,15-17,24,29H,9-14H2,1-3H3/t24-/m0/s1. The van der Waals surface area contributed by atoms with Gasteiger partial charge in [-0.15, -0.1) is 0 Å². The van der Waals surface area contributed by atoms with Crippen LogP contribution in [0, 0.1) is 5.92 Å². The third-order valence-electron chi connectivity index (χ3n) is 6.03. The van der Waals surface area contributed by atoms with E-state index in [0.29, 0.717) is 54.1 Å². The predicted octanol–water partition coefficient (Wildman–Crippen LogP) is 3.95. The summed E-state index contributed by atoms with van der Waals surface area (Å²) in [6, 6.07) is 11.5. The zero-order valence-electron chi connectivity index (χ0n) is 20.3. The van der Waals surface area contributed by atoms with E-state index in [-0.39, 0.29) is 24.5 Å². The molecular formula is C27H31NO7. The fraction of sp³-hybridized carbons (Fsp3) is 0.407. The van der Waals surface area contributed by atoms with Gasteiger partial charge in [-0.2, -0.15) is 0 Å². The van der Waals surface area contributed by atoms with Gasteiger partial charge in [-0.1, -0.05) is 26.0 Å². The first-order valence-corrected chi connectivity index (χ1v) is 11.8. The number of aliphatic hydroxyl groups excluding tert-OH is 1. The summed E-state index contributed by atoms with van der Waals surface area (Å²) in [4.78, 5) is 27.6. The first-order chi connectivity index (χ1) is 16.9. The number of fused-ring (bicyclic) bond motifs is 1. The normalized spacial score (nSPS) is 18.9. The van der Waals surface area contributed by atoms with Crippen molar-refractivity contribution in [3.8, 4) is 17.2 Å². The van der Waals surface area contributed by atoms with E-state index in [1.165, 1.54) is 12.0 Å². The van der Waals surface area contributed by atoms with Gasteiger partial charge in [0.25, 0.3) is 11.7 Å². The number of rotatable bonds is 9. The minimum Gasteiger partial charge on any atom is -0.507 e. The Kier molecular flexibility index (Phi) is 7.60. The van der Waals surface area contributed by atoms with Gasteiger partial charge in [-0.25, -0.2) is 0 Å². The molecule has 0 unspecified atom stereocenters. The molecular weight excluding hydrogens is 450 g/mol. The molecule has 8 heteroatoms. The van der Waals surface area contributed by atoms with Crippen LogP contribution in [0.3, 0.4) is 0 Å². The Morgan fingerprint density at radius 3 is 2.60 bits per heavy atom. The number of benzene rings is 2. The van der Waals surface area contributed by atoms with Crippen molar-refractivity contribution in [1.29, 1.82) is 0 Å². The number of ketones is 1. The van der Waals surface area contributed by atoms with Crippen molar-refractivity contribution < 1.29 is 33.6 Å². The summed E-state index contributed by atoms with van der Waals surface area (Å²) in [5, 5.41) is 11.3. The SMILES string of the molecule is COCCN1C(=O)C(=O)C(=C(O)c2ccc3c(c2)OCCO3)[C@@H]1c1cccc(OCCC(C)C)c1. The number of carbonyl (C=O) groups is 2. The zero-order valence-corrected chi connectivity index (χ0v) is 20.3. The molecule has 1 N–H and O–H groups in total. The second-order valence-electron chi connectivity index (χ2n) is 8.95. The highest BCUT2D eigenvalue weighted by molar-refractivity contribution is 6.46. The molecule has 0 radical (unpaired) electrons. The first kappa shape index (κ1) is 24.6. The number of amides is 1. The van der Waals surface area contributed by atoms with E-state index < -0.39 is 17.7 Å². The van der Waals surface area contributed by atoms with Crippen LogP contribution in [0.25, 0.3) is 5.76 Å². The van der Waals surface area contributed by atoms with Crippen LogP contribution >= 0.6 is 0 Å². The van der Waals surface area contributed by atoms with Crippen LogP contribution in [0.5, 0.6) is 17.2 Å². The van der Waals surface area contributed by atoms with Crippen LogP contribution in [0.4, 0.5) is 0 Å². The molecule has 1 saturated heterocycles. The van der Waals surface area contributed by atoms with Crippen LogP contribution in [0.2, 0.25) is 0 Å². The molecule has 0 spiro atoms. The number of nitrogens with zero attached hydrogens (tertiary/aromatic N) is 1. The molecule has 2 aliphatic heterocycles. The lowest BCUT2D eigenvalue weighted by Gasteiger charge is -2.25. The summed E-state index contributed by atoms with van der Waals surface area (Å²) in [7, 11) is 1.53. The van der Waals surface area contributed by atoms with E-state index >= 15 is 0 Å². The largest absolute Gasteiger partial charge is 0.507 e. The van der Waals surface area contributed by atoms with Crippen LogP contribution in [0.15, 0.2) is 48.0 Å². The van der Waals surface area contributed by atoms with Crippen LogP contribution in [-0.4, -0.2) is 61.8 Å². The summed E-state index contributed by atoms with van der Waals surface area (Å²) in [6.45, 7) is 6.09. The van der Waals surface area contributed by atoms with Gasteiger partial charge in [0.1, 0.15) is 24.7 Å². The number of hydrogen-bond donors (Lipinski definition) is 1. The monoisotopic (exact) mass is 481 g/mol. The first-order valence-electron chi connectivity index (χ1n) is 11.8. The van der Waals surface area contributed by atoms with Crippen molar-refractivity contribution in [2.24, 2.45) is 5.92 Å². The molecule has 8 nitrogen and oxygen atoms in total. The van der Waals surface area contributed by atoms with Crippen molar-refractivity contribution in [1.82, 2.24) is 4.90 Å². The van der Waals surface area contributed by atoms with E-state index in [9.17, 15) is 14.7 Å². The second kappa shape index (κ2) is 10.8. The van der Waals surface area contributed by atoms with E-state index in [1.807, 2.05) is 24.3 Å². The number of ether oxygens (including phenoxy) is 4. The molecule has 0 bridgehead atoms. The number of carbonyl (C=O) groups excluding carboxylic acids is 2. The summed E-state index contributed by atoms with van der Waals surface area (Å²) in [5.41, 5.74) is 1.05. The molecule has 1 fully saturated rings. The topological polar surface area (TPSA) is 94.5 Å². The molecule has 35 heavy (non-hydrogen) atoms. The third kappa shape index (κ3) is 5.27. The number of methoxy groups -OCH3 is 1. The van der Waals surface area contributed by atoms with E-state index in [4.69, 9.17) is 18.9 Å². The number of likely N-dealkylation sites (tertiary alicyclic amines) is 1.